The van der Waals surface area contributed by atoms with Gasteiger partial charge in [0, 0.05) is 25.4 Å². The molecule has 4 nitrogen and oxygen atoms in total. The number of halogens is 1. The highest BCUT2D eigenvalue weighted by molar-refractivity contribution is 5.77. The highest BCUT2D eigenvalue weighted by Crippen LogP contribution is 2.26. The zero-order valence-electron chi connectivity index (χ0n) is 13.5. The van der Waals surface area contributed by atoms with E-state index in [4.69, 9.17) is 5.11 Å². The molecule has 126 valence electrons. The third-order valence-electron chi connectivity index (χ3n) is 4.56. The van der Waals surface area contributed by atoms with Gasteiger partial charge in [0.25, 0.3) is 0 Å². The molecule has 1 aromatic rings. The Morgan fingerprint density at radius 2 is 2.09 bits per heavy atom. The number of carbonyl (C=O) groups is 2. The van der Waals surface area contributed by atoms with E-state index in [2.05, 4.69) is 0 Å². The summed E-state index contributed by atoms with van der Waals surface area (Å²) in [6.45, 7) is 2.53. The summed E-state index contributed by atoms with van der Waals surface area (Å²) >= 11 is 0. The Morgan fingerprint density at radius 1 is 1.35 bits per heavy atom. The van der Waals surface area contributed by atoms with Crippen LogP contribution in [0, 0.1) is 5.82 Å². The van der Waals surface area contributed by atoms with Gasteiger partial charge in [0.05, 0.1) is 0 Å². The SMILES string of the molecule is C[C@H](CC(=O)N1CCCC[C@H]1CCC(=O)O)c1ccccc1F. The summed E-state index contributed by atoms with van der Waals surface area (Å²) in [4.78, 5) is 25.2. The van der Waals surface area contributed by atoms with Crippen LogP contribution < -0.4 is 0 Å². The molecular formula is C18H24FNO3. The van der Waals surface area contributed by atoms with Crippen LogP contribution in [0.5, 0.6) is 0 Å². The van der Waals surface area contributed by atoms with Crippen LogP contribution in [0.15, 0.2) is 24.3 Å². The zero-order chi connectivity index (χ0) is 16.8. The normalized spacial score (nSPS) is 19.4. The van der Waals surface area contributed by atoms with Crippen LogP contribution in [0.4, 0.5) is 4.39 Å². The van der Waals surface area contributed by atoms with Crippen LogP contribution in [0.3, 0.4) is 0 Å². The molecule has 0 unspecified atom stereocenters. The number of piperidine rings is 1. The van der Waals surface area contributed by atoms with Crippen LogP contribution in [0.1, 0.15) is 56.9 Å². The van der Waals surface area contributed by atoms with E-state index in [1.165, 1.54) is 6.07 Å². The molecule has 1 aliphatic heterocycles. The number of benzene rings is 1. The first-order valence-corrected chi connectivity index (χ1v) is 8.24. The molecule has 0 aliphatic carbocycles. The number of carboxylic acids is 1. The Labute approximate surface area is 136 Å². The molecule has 1 N–H and O–H groups in total. The number of carbonyl (C=O) groups excluding carboxylic acids is 1. The van der Waals surface area contributed by atoms with Crippen molar-refractivity contribution in [2.24, 2.45) is 0 Å². The Hall–Kier alpha value is -1.91. The largest absolute Gasteiger partial charge is 0.481 e. The lowest BCUT2D eigenvalue weighted by Crippen LogP contribution is -2.44. The maximum Gasteiger partial charge on any atom is 0.303 e. The maximum absolute atomic E-state index is 13.8. The average molecular weight is 321 g/mol. The molecule has 1 aliphatic rings. The van der Waals surface area contributed by atoms with E-state index < -0.39 is 5.97 Å². The van der Waals surface area contributed by atoms with Crippen molar-refractivity contribution >= 4 is 11.9 Å². The Kier molecular flexibility index (Phi) is 6.13. The molecule has 2 rings (SSSR count). The summed E-state index contributed by atoms with van der Waals surface area (Å²) < 4.78 is 13.8. The van der Waals surface area contributed by atoms with E-state index in [1.807, 2.05) is 11.8 Å². The molecule has 1 heterocycles. The van der Waals surface area contributed by atoms with E-state index >= 15 is 0 Å². The molecule has 1 fully saturated rings. The monoisotopic (exact) mass is 321 g/mol. The van der Waals surface area contributed by atoms with E-state index in [-0.39, 0.29) is 36.5 Å². The fourth-order valence-corrected chi connectivity index (χ4v) is 3.28. The molecule has 0 bridgehead atoms. The van der Waals surface area contributed by atoms with Gasteiger partial charge in [-0.2, -0.15) is 0 Å². The zero-order valence-corrected chi connectivity index (χ0v) is 13.5. The summed E-state index contributed by atoms with van der Waals surface area (Å²) in [5.74, 6) is -1.31. The van der Waals surface area contributed by atoms with Crippen molar-refractivity contribution in [1.82, 2.24) is 4.90 Å². The maximum atomic E-state index is 13.8. The second kappa shape index (κ2) is 8.09. The highest BCUT2D eigenvalue weighted by atomic mass is 19.1. The summed E-state index contributed by atoms with van der Waals surface area (Å²) in [5.41, 5.74) is 0.556. The molecule has 1 amide bonds. The lowest BCUT2D eigenvalue weighted by atomic mass is 9.93. The number of nitrogens with zero attached hydrogens (tertiary/aromatic N) is 1. The van der Waals surface area contributed by atoms with Gasteiger partial charge in [-0.15, -0.1) is 0 Å². The Bertz CT molecular complexity index is 561. The number of hydrogen-bond acceptors (Lipinski definition) is 2. The second-order valence-electron chi connectivity index (χ2n) is 6.30. The van der Waals surface area contributed by atoms with Gasteiger partial charge in [0.2, 0.25) is 5.91 Å². The van der Waals surface area contributed by atoms with Crippen molar-refractivity contribution in [3.8, 4) is 0 Å². The van der Waals surface area contributed by atoms with Crippen LogP contribution in [0.2, 0.25) is 0 Å². The standard InChI is InChI=1S/C18H24FNO3/c1-13(15-7-2-3-8-16(15)19)12-17(21)20-11-5-4-6-14(20)9-10-18(22)23/h2-3,7-8,13-14H,4-6,9-12H2,1H3,(H,22,23)/t13-,14+/m1/s1. The quantitative estimate of drug-likeness (QED) is 0.871. The molecular weight excluding hydrogens is 297 g/mol. The molecule has 0 radical (unpaired) electrons. The predicted octanol–water partition coefficient (Wildman–Crippen LogP) is 3.57. The minimum Gasteiger partial charge on any atom is -0.481 e. The smallest absolute Gasteiger partial charge is 0.303 e. The molecule has 1 saturated heterocycles. The van der Waals surface area contributed by atoms with Crippen LogP contribution in [0.25, 0.3) is 0 Å². The van der Waals surface area contributed by atoms with Crippen molar-refractivity contribution in [1.29, 1.82) is 0 Å². The number of amides is 1. The summed E-state index contributed by atoms with van der Waals surface area (Å²) in [7, 11) is 0. The number of rotatable bonds is 6. The summed E-state index contributed by atoms with van der Waals surface area (Å²) in [6.07, 6.45) is 3.66. The molecule has 5 heteroatoms. The molecule has 0 saturated carbocycles. The molecule has 0 spiro atoms. The number of likely N-dealkylation sites (tertiary alicyclic amines) is 1. The van der Waals surface area contributed by atoms with Gasteiger partial charge in [-0.05, 0) is 43.2 Å². The molecule has 0 aromatic heterocycles. The number of hydrogen-bond donors (Lipinski definition) is 1. The van der Waals surface area contributed by atoms with E-state index in [1.54, 1.807) is 18.2 Å². The van der Waals surface area contributed by atoms with Gasteiger partial charge in [-0.25, -0.2) is 4.39 Å². The van der Waals surface area contributed by atoms with E-state index in [9.17, 15) is 14.0 Å². The van der Waals surface area contributed by atoms with Crippen molar-refractivity contribution in [3.05, 3.63) is 35.6 Å². The molecule has 1 aromatic carbocycles. The van der Waals surface area contributed by atoms with Gasteiger partial charge >= 0.3 is 5.97 Å². The third-order valence-corrected chi connectivity index (χ3v) is 4.56. The Morgan fingerprint density at radius 3 is 2.78 bits per heavy atom. The van der Waals surface area contributed by atoms with Crippen LogP contribution in [-0.2, 0) is 9.59 Å². The van der Waals surface area contributed by atoms with Gasteiger partial charge < -0.3 is 10.0 Å². The Balaban J connectivity index is 1.99. The van der Waals surface area contributed by atoms with Crippen LogP contribution >= 0.6 is 0 Å². The first-order chi connectivity index (χ1) is 11.0. The molecule has 23 heavy (non-hydrogen) atoms. The second-order valence-corrected chi connectivity index (χ2v) is 6.30. The van der Waals surface area contributed by atoms with E-state index in [0.717, 1.165) is 19.3 Å². The number of aliphatic carboxylic acids is 1. The van der Waals surface area contributed by atoms with Gasteiger partial charge in [0.15, 0.2) is 0 Å². The highest BCUT2D eigenvalue weighted by Gasteiger charge is 2.28. The van der Waals surface area contributed by atoms with Crippen LogP contribution in [-0.4, -0.2) is 34.5 Å². The van der Waals surface area contributed by atoms with Gasteiger partial charge in [0.1, 0.15) is 5.82 Å². The van der Waals surface area contributed by atoms with Crippen molar-refractivity contribution < 1.29 is 19.1 Å². The fourth-order valence-electron chi connectivity index (χ4n) is 3.28. The minimum absolute atomic E-state index is 0.000158. The summed E-state index contributed by atoms with van der Waals surface area (Å²) in [6, 6.07) is 6.54. The van der Waals surface area contributed by atoms with Crippen molar-refractivity contribution in [2.75, 3.05) is 6.54 Å². The fraction of sp³-hybridized carbons (Fsp3) is 0.556. The first kappa shape index (κ1) is 17.4. The number of carboxylic acid groups (broad SMARTS) is 1. The average Bonchev–Trinajstić information content (AvgIpc) is 2.53. The third kappa shape index (κ3) is 4.78. The molecule has 2 atom stereocenters. The topological polar surface area (TPSA) is 57.6 Å². The lowest BCUT2D eigenvalue weighted by molar-refractivity contribution is -0.140. The van der Waals surface area contributed by atoms with Crippen molar-refractivity contribution in [2.45, 2.75) is 57.4 Å². The van der Waals surface area contributed by atoms with E-state index in [0.29, 0.717) is 18.5 Å². The first-order valence-electron chi connectivity index (χ1n) is 8.24. The minimum atomic E-state index is -0.831. The summed E-state index contributed by atoms with van der Waals surface area (Å²) in [5, 5.41) is 8.85. The van der Waals surface area contributed by atoms with Gasteiger partial charge in [-0.3, -0.25) is 9.59 Å². The van der Waals surface area contributed by atoms with Gasteiger partial charge in [-0.1, -0.05) is 25.1 Å². The lowest BCUT2D eigenvalue weighted by Gasteiger charge is -2.36. The predicted molar refractivity (Wildman–Crippen MR) is 85.7 cm³/mol. The van der Waals surface area contributed by atoms with Crippen molar-refractivity contribution in [3.63, 3.8) is 0 Å².